The lowest BCUT2D eigenvalue weighted by molar-refractivity contribution is 0.0466. The number of allylic oxidation sites excluding steroid dienone is 1. The molecule has 4 rings (SSSR count). The fourth-order valence-electron chi connectivity index (χ4n) is 5.99. The molecule has 2 aliphatic carbocycles. The van der Waals surface area contributed by atoms with Crippen LogP contribution in [0.25, 0.3) is 5.57 Å². The Morgan fingerprint density at radius 1 is 0.846 bits per heavy atom. The van der Waals surface area contributed by atoms with Gasteiger partial charge in [0, 0.05) is 12.2 Å². The van der Waals surface area contributed by atoms with Crippen LogP contribution in [0.1, 0.15) is 114 Å². The third kappa shape index (κ3) is 8.13. The summed E-state index contributed by atoms with van der Waals surface area (Å²) in [7, 11) is 0. The first kappa shape index (κ1) is 29.7. The smallest absolute Gasteiger partial charge is 0.166 e. The molecule has 0 aliphatic heterocycles. The number of benzene rings is 2. The number of halogens is 3. The predicted molar refractivity (Wildman–Crippen MR) is 153 cm³/mol. The van der Waals surface area contributed by atoms with Crippen LogP contribution in [-0.2, 0) is 11.2 Å². The molecule has 39 heavy (non-hydrogen) atoms. The Kier molecular flexibility index (Phi) is 11.4. The minimum absolute atomic E-state index is 0.186. The number of rotatable bonds is 13. The van der Waals surface area contributed by atoms with Gasteiger partial charge in [-0.1, -0.05) is 51.0 Å². The summed E-state index contributed by atoms with van der Waals surface area (Å²) in [6.07, 6.45) is 14.1. The highest BCUT2D eigenvalue weighted by Gasteiger charge is 2.25. The molecule has 1 atom stereocenters. The fraction of sp³-hybridized carbons (Fsp3) is 0.588. The van der Waals surface area contributed by atoms with E-state index in [9.17, 15) is 4.39 Å². The molecule has 0 saturated heterocycles. The maximum absolute atomic E-state index is 15.1. The molecule has 2 aliphatic rings. The quantitative estimate of drug-likeness (QED) is 0.235. The van der Waals surface area contributed by atoms with Gasteiger partial charge in [-0.15, -0.1) is 0 Å². The highest BCUT2D eigenvalue weighted by molar-refractivity contribution is 5.67. The van der Waals surface area contributed by atoms with Gasteiger partial charge in [0.1, 0.15) is 0 Å². The first-order valence-corrected chi connectivity index (χ1v) is 15.2. The molecule has 0 aromatic heterocycles. The molecule has 0 radical (unpaired) electrons. The molecular weight excluding hydrogens is 497 g/mol. The maximum Gasteiger partial charge on any atom is 0.166 e. The summed E-state index contributed by atoms with van der Waals surface area (Å²) in [5, 5.41) is 0. The second kappa shape index (κ2) is 14.9. The molecule has 5 heteroatoms. The van der Waals surface area contributed by atoms with Crippen molar-refractivity contribution in [1.29, 1.82) is 0 Å². The summed E-state index contributed by atoms with van der Waals surface area (Å²) in [5.41, 5.74) is 2.80. The zero-order valence-electron chi connectivity index (χ0n) is 23.8. The molecule has 1 unspecified atom stereocenters. The van der Waals surface area contributed by atoms with Gasteiger partial charge in [0.2, 0.25) is 0 Å². The zero-order valence-corrected chi connectivity index (χ0v) is 23.8. The van der Waals surface area contributed by atoms with Crippen molar-refractivity contribution in [3.8, 4) is 5.75 Å². The minimum Gasteiger partial charge on any atom is -0.491 e. The Morgan fingerprint density at radius 2 is 1.62 bits per heavy atom. The molecule has 0 bridgehead atoms. The third-order valence-corrected chi connectivity index (χ3v) is 8.57. The summed E-state index contributed by atoms with van der Waals surface area (Å²) in [5.74, 6) is -0.528. The molecule has 0 N–H and O–H groups in total. The van der Waals surface area contributed by atoms with Crippen molar-refractivity contribution in [1.82, 2.24) is 0 Å². The SMILES string of the molecule is CCCCOc1ccc(C2CCC(CCc3ccc(C4=CCC(OCCCC)CC4)c(F)c3F)CC2)cc1F. The Balaban J connectivity index is 1.26. The van der Waals surface area contributed by atoms with Gasteiger partial charge >= 0.3 is 0 Å². The van der Waals surface area contributed by atoms with Gasteiger partial charge in [-0.05, 0) is 111 Å². The van der Waals surface area contributed by atoms with Gasteiger partial charge in [0.05, 0.1) is 12.7 Å². The van der Waals surface area contributed by atoms with Crippen LogP contribution < -0.4 is 4.74 Å². The Bertz CT molecular complexity index is 1090. The molecule has 1 fully saturated rings. The number of hydrogen-bond acceptors (Lipinski definition) is 2. The van der Waals surface area contributed by atoms with Gasteiger partial charge in [-0.2, -0.15) is 0 Å². The first-order valence-electron chi connectivity index (χ1n) is 15.2. The van der Waals surface area contributed by atoms with Crippen LogP contribution in [-0.4, -0.2) is 19.3 Å². The van der Waals surface area contributed by atoms with Crippen molar-refractivity contribution >= 4 is 5.57 Å². The van der Waals surface area contributed by atoms with Gasteiger partial charge in [-0.25, -0.2) is 13.2 Å². The lowest BCUT2D eigenvalue weighted by Gasteiger charge is -2.29. The van der Waals surface area contributed by atoms with Crippen LogP contribution >= 0.6 is 0 Å². The molecule has 2 nitrogen and oxygen atoms in total. The molecule has 0 heterocycles. The van der Waals surface area contributed by atoms with Crippen LogP contribution in [0, 0.1) is 23.4 Å². The van der Waals surface area contributed by atoms with E-state index in [-0.39, 0.29) is 11.9 Å². The fourth-order valence-corrected chi connectivity index (χ4v) is 5.99. The van der Waals surface area contributed by atoms with Crippen LogP contribution in [0.4, 0.5) is 13.2 Å². The normalized spacial score (nSPS) is 21.6. The lowest BCUT2D eigenvalue weighted by atomic mass is 9.77. The number of aryl methyl sites for hydroxylation is 1. The summed E-state index contributed by atoms with van der Waals surface area (Å²) in [6.45, 7) is 5.53. The Labute approximate surface area is 233 Å². The van der Waals surface area contributed by atoms with Gasteiger partial charge < -0.3 is 9.47 Å². The number of ether oxygens (including phenoxy) is 2. The number of unbranched alkanes of at least 4 members (excludes halogenated alkanes) is 2. The molecule has 2 aromatic rings. The molecule has 1 saturated carbocycles. The molecular formula is C34H45F3O2. The highest BCUT2D eigenvalue weighted by atomic mass is 19.2. The molecule has 2 aromatic carbocycles. The second-order valence-electron chi connectivity index (χ2n) is 11.4. The van der Waals surface area contributed by atoms with E-state index in [1.807, 2.05) is 12.1 Å². The van der Waals surface area contributed by atoms with Crippen molar-refractivity contribution < 1.29 is 22.6 Å². The monoisotopic (exact) mass is 542 g/mol. The Morgan fingerprint density at radius 3 is 2.31 bits per heavy atom. The van der Waals surface area contributed by atoms with Crippen molar-refractivity contribution in [3.05, 3.63) is 70.5 Å². The Hall–Kier alpha value is -2.27. The van der Waals surface area contributed by atoms with Gasteiger partial charge in [0.25, 0.3) is 0 Å². The summed E-state index contributed by atoms with van der Waals surface area (Å²) < 4.78 is 56.0. The molecule has 0 spiro atoms. The van der Waals surface area contributed by atoms with Crippen molar-refractivity contribution in [3.63, 3.8) is 0 Å². The van der Waals surface area contributed by atoms with Gasteiger partial charge in [0.15, 0.2) is 23.2 Å². The van der Waals surface area contributed by atoms with E-state index >= 15 is 8.78 Å². The predicted octanol–water partition coefficient (Wildman–Crippen LogP) is 9.94. The number of hydrogen-bond donors (Lipinski definition) is 0. The van der Waals surface area contributed by atoms with Crippen LogP contribution in [0.5, 0.6) is 5.75 Å². The van der Waals surface area contributed by atoms with Crippen molar-refractivity contribution in [2.24, 2.45) is 5.92 Å². The second-order valence-corrected chi connectivity index (χ2v) is 11.4. The van der Waals surface area contributed by atoms with Crippen LogP contribution in [0.15, 0.2) is 36.4 Å². The highest BCUT2D eigenvalue weighted by Crippen LogP contribution is 2.39. The lowest BCUT2D eigenvalue weighted by Crippen LogP contribution is -2.17. The molecule has 214 valence electrons. The average molecular weight is 543 g/mol. The summed E-state index contributed by atoms with van der Waals surface area (Å²) in [6, 6.07) is 8.93. The van der Waals surface area contributed by atoms with E-state index in [4.69, 9.17) is 9.47 Å². The summed E-state index contributed by atoms with van der Waals surface area (Å²) >= 11 is 0. The van der Waals surface area contributed by atoms with Crippen LogP contribution in [0.2, 0.25) is 0 Å². The minimum atomic E-state index is -0.711. The summed E-state index contributed by atoms with van der Waals surface area (Å²) in [4.78, 5) is 0. The largest absolute Gasteiger partial charge is 0.491 e. The van der Waals surface area contributed by atoms with Crippen molar-refractivity contribution in [2.45, 2.75) is 109 Å². The van der Waals surface area contributed by atoms with E-state index in [1.165, 1.54) is 0 Å². The van der Waals surface area contributed by atoms with E-state index in [0.29, 0.717) is 48.2 Å². The first-order chi connectivity index (χ1) is 19.0. The standard InChI is InChI=1S/C34H45F3O2/c1-3-5-21-38-29-17-13-26(14-18-29)30-19-15-27(33(36)34(30)37)12-9-24-7-10-25(11-8-24)28-16-20-32(31(35)23-28)39-22-6-4-2/h13,15-16,19-20,23-25,29H,3-12,14,17-18,21-22H2,1-2H3. The molecule has 0 amide bonds. The van der Waals surface area contributed by atoms with Gasteiger partial charge in [-0.3, -0.25) is 0 Å². The van der Waals surface area contributed by atoms with E-state index in [0.717, 1.165) is 88.4 Å². The topological polar surface area (TPSA) is 18.5 Å². The van der Waals surface area contributed by atoms with Crippen molar-refractivity contribution in [2.75, 3.05) is 13.2 Å². The van der Waals surface area contributed by atoms with E-state index in [2.05, 4.69) is 13.8 Å². The van der Waals surface area contributed by atoms with Crippen LogP contribution in [0.3, 0.4) is 0 Å². The third-order valence-electron chi connectivity index (χ3n) is 8.57. The van der Waals surface area contributed by atoms with E-state index < -0.39 is 11.6 Å². The van der Waals surface area contributed by atoms with E-state index in [1.54, 1.807) is 24.3 Å². The average Bonchev–Trinajstić information content (AvgIpc) is 2.96. The zero-order chi connectivity index (χ0) is 27.6. The maximum atomic E-state index is 15.1.